The Morgan fingerprint density at radius 2 is 1.85 bits per heavy atom. The van der Waals surface area contributed by atoms with Crippen molar-refractivity contribution in [3.8, 4) is 0 Å². The third kappa shape index (κ3) is 2.92. The first-order chi connectivity index (χ1) is 9.23. The van der Waals surface area contributed by atoms with Gasteiger partial charge in [-0.1, -0.05) is 0 Å². The van der Waals surface area contributed by atoms with Crippen LogP contribution in [0.4, 0.5) is 27.8 Å². The van der Waals surface area contributed by atoms with E-state index in [2.05, 4.69) is 20.6 Å². The molecule has 20 heavy (non-hydrogen) atoms. The lowest BCUT2D eigenvalue weighted by atomic mass is 10.3. The van der Waals surface area contributed by atoms with Gasteiger partial charge >= 0.3 is 6.18 Å². The highest BCUT2D eigenvalue weighted by Gasteiger charge is 2.37. The Labute approximate surface area is 108 Å². The highest BCUT2D eigenvalue weighted by molar-refractivity contribution is 5.44. The summed E-state index contributed by atoms with van der Waals surface area (Å²) in [4.78, 5) is 0. The Balaban J connectivity index is 2.29. The summed E-state index contributed by atoms with van der Waals surface area (Å²) in [5.74, 6) is -4.69. The average molecular weight is 296 g/mol. The van der Waals surface area contributed by atoms with E-state index in [1.54, 1.807) is 0 Å². The zero-order valence-electron chi connectivity index (χ0n) is 9.82. The Morgan fingerprint density at radius 3 is 2.45 bits per heavy atom. The fourth-order valence-corrected chi connectivity index (χ4v) is 1.35. The summed E-state index contributed by atoms with van der Waals surface area (Å²) >= 11 is 0. The van der Waals surface area contributed by atoms with Crippen LogP contribution in [-0.2, 0) is 6.18 Å². The number of nitrogens with two attached hydrogens (primary N) is 1. The molecule has 0 amide bonds. The van der Waals surface area contributed by atoms with Crippen molar-refractivity contribution in [2.24, 2.45) is 5.73 Å². The first-order valence-corrected chi connectivity index (χ1v) is 5.34. The summed E-state index contributed by atoms with van der Waals surface area (Å²) < 4.78 is 64.1. The van der Waals surface area contributed by atoms with Crippen LogP contribution in [0.5, 0.6) is 0 Å². The molecule has 0 saturated heterocycles. The second-order valence-electron chi connectivity index (χ2n) is 3.92. The molecule has 0 aliphatic rings. The van der Waals surface area contributed by atoms with Gasteiger partial charge in [0.25, 0.3) is 11.7 Å². The van der Waals surface area contributed by atoms with E-state index in [4.69, 9.17) is 5.73 Å². The van der Waals surface area contributed by atoms with E-state index in [1.165, 1.54) is 12.1 Å². The molecule has 0 bridgehead atoms. The van der Waals surface area contributed by atoms with Gasteiger partial charge in [-0.15, -0.1) is 15.3 Å². The van der Waals surface area contributed by atoms with Crippen molar-refractivity contribution in [3.63, 3.8) is 0 Å². The second-order valence-corrected chi connectivity index (χ2v) is 3.92. The van der Waals surface area contributed by atoms with Crippen LogP contribution in [0.1, 0.15) is 5.82 Å². The molecule has 0 aliphatic carbocycles. The largest absolute Gasteiger partial charge is 0.453 e. The van der Waals surface area contributed by atoms with E-state index in [1.807, 2.05) is 0 Å². The molecule has 0 unspecified atom stereocenters. The number of anilines is 1. The fraction of sp³-hybridized carbons (Fsp3) is 0.444. The SMILES string of the molecule is NCC(F)(F)CNc1ccc2nnc(C(F)(F)F)n2n1. The van der Waals surface area contributed by atoms with Gasteiger partial charge < -0.3 is 11.1 Å². The lowest BCUT2D eigenvalue weighted by Crippen LogP contribution is -2.35. The molecule has 2 aromatic heterocycles. The first kappa shape index (κ1) is 14.4. The Kier molecular flexibility index (Phi) is 3.46. The van der Waals surface area contributed by atoms with Crippen LogP contribution in [0, 0.1) is 0 Å². The number of nitrogens with zero attached hydrogens (tertiary/aromatic N) is 4. The minimum Gasteiger partial charge on any atom is -0.363 e. The summed E-state index contributed by atoms with van der Waals surface area (Å²) in [5, 5.41) is 12.0. The number of alkyl halides is 5. The average Bonchev–Trinajstić information content (AvgIpc) is 2.79. The third-order valence-corrected chi connectivity index (χ3v) is 2.34. The number of nitrogens with one attached hydrogen (secondary N) is 1. The van der Waals surface area contributed by atoms with Gasteiger partial charge in [-0.05, 0) is 12.1 Å². The van der Waals surface area contributed by atoms with Crippen LogP contribution in [0.25, 0.3) is 5.65 Å². The van der Waals surface area contributed by atoms with Gasteiger partial charge in [-0.25, -0.2) is 8.78 Å². The summed E-state index contributed by atoms with van der Waals surface area (Å²) in [7, 11) is 0. The maximum Gasteiger partial charge on any atom is 0.453 e. The minimum atomic E-state index is -4.74. The van der Waals surface area contributed by atoms with E-state index in [0.29, 0.717) is 4.52 Å². The van der Waals surface area contributed by atoms with Gasteiger partial charge in [0, 0.05) is 0 Å². The highest BCUT2D eigenvalue weighted by Crippen LogP contribution is 2.27. The van der Waals surface area contributed by atoms with Crippen LogP contribution in [-0.4, -0.2) is 38.8 Å². The molecular weight excluding hydrogens is 287 g/mol. The van der Waals surface area contributed by atoms with Crippen LogP contribution in [0.3, 0.4) is 0 Å². The molecular formula is C9H9F5N6. The van der Waals surface area contributed by atoms with Crippen LogP contribution >= 0.6 is 0 Å². The number of halogens is 5. The number of rotatable bonds is 4. The molecule has 0 radical (unpaired) electrons. The van der Waals surface area contributed by atoms with Gasteiger partial charge in [0.15, 0.2) is 5.65 Å². The smallest absolute Gasteiger partial charge is 0.363 e. The molecule has 0 saturated carbocycles. The number of fused-ring (bicyclic) bond motifs is 1. The monoisotopic (exact) mass is 296 g/mol. The van der Waals surface area contributed by atoms with Gasteiger partial charge in [-0.3, -0.25) is 0 Å². The van der Waals surface area contributed by atoms with E-state index >= 15 is 0 Å². The van der Waals surface area contributed by atoms with Crippen molar-refractivity contribution in [3.05, 3.63) is 18.0 Å². The quantitative estimate of drug-likeness (QED) is 0.827. The lowest BCUT2D eigenvalue weighted by Gasteiger charge is -2.14. The molecule has 0 spiro atoms. The second kappa shape index (κ2) is 4.81. The van der Waals surface area contributed by atoms with Crippen LogP contribution < -0.4 is 11.1 Å². The predicted octanol–water partition coefficient (Wildman–Crippen LogP) is 1.15. The predicted molar refractivity (Wildman–Crippen MR) is 58.3 cm³/mol. The van der Waals surface area contributed by atoms with Crippen LogP contribution in [0.2, 0.25) is 0 Å². The van der Waals surface area contributed by atoms with Crippen molar-refractivity contribution < 1.29 is 22.0 Å². The number of hydrogen-bond acceptors (Lipinski definition) is 5. The van der Waals surface area contributed by atoms with Crippen molar-refractivity contribution >= 4 is 11.5 Å². The summed E-state index contributed by atoms with van der Waals surface area (Å²) in [6.45, 7) is -1.73. The summed E-state index contributed by atoms with van der Waals surface area (Å²) in [6, 6.07) is 2.40. The molecule has 11 heteroatoms. The van der Waals surface area contributed by atoms with E-state index < -0.39 is 31.0 Å². The summed E-state index contributed by atoms with van der Waals surface area (Å²) in [5.41, 5.74) is 4.70. The van der Waals surface area contributed by atoms with Gasteiger partial charge in [-0.2, -0.15) is 17.7 Å². The molecule has 6 nitrogen and oxygen atoms in total. The summed E-state index contributed by atoms with van der Waals surface area (Å²) in [6.07, 6.45) is -4.74. The maximum atomic E-state index is 12.9. The van der Waals surface area contributed by atoms with Crippen molar-refractivity contribution in [2.75, 3.05) is 18.4 Å². The molecule has 0 aliphatic heterocycles. The number of aromatic nitrogens is 4. The molecule has 2 heterocycles. The first-order valence-electron chi connectivity index (χ1n) is 5.34. The van der Waals surface area contributed by atoms with Gasteiger partial charge in [0.2, 0.25) is 0 Å². The topological polar surface area (TPSA) is 81.1 Å². The van der Waals surface area contributed by atoms with Crippen molar-refractivity contribution in [1.82, 2.24) is 19.8 Å². The fourth-order valence-electron chi connectivity index (χ4n) is 1.35. The van der Waals surface area contributed by atoms with E-state index in [0.717, 1.165) is 0 Å². The van der Waals surface area contributed by atoms with Crippen molar-refractivity contribution in [2.45, 2.75) is 12.1 Å². The minimum absolute atomic E-state index is 0.145. The maximum absolute atomic E-state index is 12.9. The van der Waals surface area contributed by atoms with E-state index in [9.17, 15) is 22.0 Å². The molecule has 0 fully saturated rings. The molecule has 2 rings (SSSR count). The van der Waals surface area contributed by atoms with Gasteiger partial charge in [0.05, 0.1) is 13.1 Å². The lowest BCUT2D eigenvalue weighted by molar-refractivity contribution is -0.146. The third-order valence-electron chi connectivity index (χ3n) is 2.34. The number of hydrogen-bond donors (Lipinski definition) is 2. The normalized spacial score (nSPS) is 12.9. The standard InChI is InChI=1S/C9H9F5N6/c10-8(11,3-15)4-16-5-1-2-6-17-18-7(9(12,13)14)20(6)19-5/h1-2H,3-4,15H2,(H,16,19). The molecule has 3 N–H and O–H groups in total. The zero-order valence-corrected chi connectivity index (χ0v) is 9.82. The zero-order chi connectivity index (χ0) is 15.0. The molecule has 0 atom stereocenters. The molecule has 110 valence electrons. The Hall–Kier alpha value is -2.04. The Morgan fingerprint density at radius 1 is 1.15 bits per heavy atom. The van der Waals surface area contributed by atoms with Crippen LogP contribution in [0.15, 0.2) is 12.1 Å². The van der Waals surface area contributed by atoms with Crippen molar-refractivity contribution in [1.29, 1.82) is 0 Å². The molecule has 0 aromatic carbocycles. The Bertz CT molecular complexity index is 606. The molecule has 2 aromatic rings. The van der Waals surface area contributed by atoms with E-state index in [-0.39, 0.29) is 11.5 Å². The van der Waals surface area contributed by atoms with Gasteiger partial charge in [0.1, 0.15) is 5.82 Å². The highest BCUT2D eigenvalue weighted by atomic mass is 19.4.